The smallest absolute Gasteiger partial charge is 0.310 e. The van der Waals surface area contributed by atoms with E-state index in [9.17, 15) is 14.7 Å². The molecular formula is C14H21NO8. The lowest BCUT2D eigenvalue weighted by Gasteiger charge is -2.29. The van der Waals surface area contributed by atoms with Gasteiger partial charge in [-0.1, -0.05) is 0 Å². The summed E-state index contributed by atoms with van der Waals surface area (Å²) in [5, 5.41) is 12.2. The third-order valence-electron chi connectivity index (χ3n) is 4.64. The SMILES string of the molecule is COCCNC(=O)[C@@H]1[C@@H]2O[C@@H]([C@@H]3OC(C)(OC)O[C@@H]32)[C@@H]1C(=O)O. The van der Waals surface area contributed by atoms with Crippen LogP contribution in [0.4, 0.5) is 0 Å². The quantitative estimate of drug-likeness (QED) is 0.593. The zero-order valence-corrected chi connectivity index (χ0v) is 13.2. The van der Waals surface area contributed by atoms with Crippen LogP contribution in [0, 0.1) is 11.8 Å². The largest absolute Gasteiger partial charge is 0.481 e. The first-order valence-corrected chi connectivity index (χ1v) is 7.47. The Kier molecular flexibility index (Phi) is 4.32. The number of methoxy groups -OCH3 is 2. The van der Waals surface area contributed by atoms with Crippen LogP contribution in [-0.2, 0) is 33.3 Å². The van der Waals surface area contributed by atoms with E-state index in [0.29, 0.717) is 13.2 Å². The number of nitrogens with one attached hydrogen (secondary N) is 1. The Bertz CT molecular complexity index is 499. The van der Waals surface area contributed by atoms with E-state index in [0.717, 1.165) is 0 Å². The number of carboxylic acid groups (broad SMARTS) is 1. The van der Waals surface area contributed by atoms with Gasteiger partial charge in [0.1, 0.15) is 18.3 Å². The highest BCUT2D eigenvalue weighted by molar-refractivity contribution is 5.87. The van der Waals surface area contributed by atoms with Crippen molar-refractivity contribution in [1.82, 2.24) is 5.32 Å². The van der Waals surface area contributed by atoms with Gasteiger partial charge in [-0.25, -0.2) is 0 Å². The summed E-state index contributed by atoms with van der Waals surface area (Å²) in [6.45, 7) is 2.25. The fraction of sp³-hybridized carbons (Fsp3) is 0.857. The van der Waals surface area contributed by atoms with E-state index in [4.69, 9.17) is 23.7 Å². The minimum absolute atomic E-state index is 0.302. The normalized spacial score (nSPS) is 44.3. The first kappa shape index (κ1) is 16.6. The van der Waals surface area contributed by atoms with Crippen LogP contribution >= 0.6 is 0 Å². The van der Waals surface area contributed by atoms with Gasteiger partial charge in [-0.05, 0) is 0 Å². The van der Waals surface area contributed by atoms with Crippen LogP contribution in [0.5, 0.6) is 0 Å². The number of carboxylic acids is 1. The highest BCUT2D eigenvalue weighted by atomic mass is 16.9. The molecule has 9 heteroatoms. The Hall–Kier alpha value is -1.26. The topological polar surface area (TPSA) is 113 Å². The fourth-order valence-corrected chi connectivity index (χ4v) is 3.58. The van der Waals surface area contributed by atoms with E-state index >= 15 is 0 Å². The Balaban J connectivity index is 1.78. The molecule has 3 aliphatic heterocycles. The summed E-state index contributed by atoms with van der Waals surface area (Å²) in [5.41, 5.74) is 0. The lowest BCUT2D eigenvalue weighted by Crippen LogP contribution is -2.53. The van der Waals surface area contributed by atoms with Gasteiger partial charge < -0.3 is 34.1 Å². The van der Waals surface area contributed by atoms with Crippen molar-refractivity contribution in [1.29, 1.82) is 0 Å². The van der Waals surface area contributed by atoms with Crippen LogP contribution in [0.15, 0.2) is 0 Å². The molecular weight excluding hydrogens is 310 g/mol. The highest BCUT2D eigenvalue weighted by Crippen LogP contribution is 2.51. The third-order valence-corrected chi connectivity index (χ3v) is 4.64. The van der Waals surface area contributed by atoms with Crippen molar-refractivity contribution >= 4 is 11.9 Å². The maximum atomic E-state index is 12.4. The molecule has 1 unspecified atom stereocenters. The van der Waals surface area contributed by atoms with Gasteiger partial charge in [-0.2, -0.15) is 0 Å². The van der Waals surface area contributed by atoms with Crippen molar-refractivity contribution < 1.29 is 38.4 Å². The molecule has 7 atom stereocenters. The number of hydrogen-bond donors (Lipinski definition) is 2. The summed E-state index contributed by atoms with van der Waals surface area (Å²) in [6.07, 6.45) is -2.50. The molecule has 3 rings (SSSR count). The molecule has 1 amide bonds. The number of fused-ring (bicyclic) bond motifs is 5. The van der Waals surface area contributed by atoms with Gasteiger partial charge in [0.15, 0.2) is 0 Å². The van der Waals surface area contributed by atoms with Crippen LogP contribution in [0.3, 0.4) is 0 Å². The van der Waals surface area contributed by atoms with Gasteiger partial charge in [0.25, 0.3) is 5.97 Å². The van der Waals surface area contributed by atoms with E-state index in [1.54, 1.807) is 6.92 Å². The number of aliphatic carboxylic acids is 1. The molecule has 0 aliphatic carbocycles. The molecule has 3 aliphatic rings. The van der Waals surface area contributed by atoms with Crippen molar-refractivity contribution in [2.75, 3.05) is 27.4 Å². The molecule has 0 aromatic carbocycles. The van der Waals surface area contributed by atoms with Crippen molar-refractivity contribution in [2.45, 2.75) is 37.3 Å². The Morgan fingerprint density at radius 1 is 1.13 bits per heavy atom. The second-order valence-electron chi connectivity index (χ2n) is 5.97. The van der Waals surface area contributed by atoms with Gasteiger partial charge in [0.05, 0.1) is 24.5 Å². The van der Waals surface area contributed by atoms with Gasteiger partial charge in [-0.3, -0.25) is 9.59 Å². The van der Waals surface area contributed by atoms with Crippen molar-refractivity contribution in [3.8, 4) is 0 Å². The lowest BCUT2D eigenvalue weighted by molar-refractivity contribution is -0.330. The molecule has 130 valence electrons. The predicted molar refractivity (Wildman–Crippen MR) is 73.3 cm³/mol. The summed E-state index contributed by atoms with van der Waals surface area (Å²) in [5.74, 6) is -4.53. The maximum Gasteiger partial charge on any atom is 0.310 e. The number of rotatable bonds is 6. The maximum absolute atomic E-state index is 12.4. The summed E-state index contributed by atoms with van der Waals surface area (Å²) >= 11 is 0. The molecule has 23 heavy (non-hydrogen) atoms. The van der Waals surface area contributed by atoms with E-state index in [1.807, 2.05) is 0 Å². The average molecular weight is 331 g/mol. The van der Waals surface area contributed by atoms with E-state index in [1.165, 1.54) is 14.2 Å². The van der Waals surface area contributed by atoms with Crippen molar-refractivity contribution in [2.24, 2.45) is 11.8 Å². The molecule has 2 N–H and O–H groups in total. The molecule has 0 spiro atoms. The number of hydrogen-bond acceptors (Lipinski definition) is 7. The minimum atomic E-state index is -1.25. The zero-order chi connectivity index (χ0) is 16.8. The number of carbonyl (C=O) groups is 2. The molecule has 0 aromatic heterocycles. The zero-order valence-electron chi connectivity index (χ0n) is 13.2. The van der Waals surface area contributed by atoms with E-state index in [2.05, 4.69) is 5.32 Å². The van der Waals surface area contributed by atoms with Crippen LogP contribution < -0.4 is 5.32 Å². The van der Waals surface area contributed by atoms with Crippen molar-refractivity contribution in [3.05, 3.63) is 0 Å². The molecule has 3 heterocycles. The first-order chi connectivity index (χ1) is 10.9. The molecule has 9 nitrogen and oxygen atoms in total. The Labute approximate surface area is 133 Å². The molecule has 2 bridgehead atoms. The lowest BCUT2D eigenvalue weighted by atomic mass is 9.76. The minimum Gasteiger partial charge on any atom is -0.481 e. The molecule has 0 saturated carbocycles. The van der Waals surface area contributed by atoms with Crippen LogP contribution in [0.2, 0.25) is 0 Å². The predicted octanol–water partition coefficient (Wildman–Crippen LogP) is -1.05. The summed E-state index contributed by atoms with van der Waals surface area (Å²) in [4.78, 5) is 24.1. The Morgan fingerprint density at radius 3 is 2.26 bits per heavy atom. The highest BCUT2D eigenvalue weighted by Gasteiger charge is 2.70. The third kappa shape index (κ3) is 2.62. The van der Waals surface area contributed by atoms with Gasteiger partial charge in [0, 0.05) is 27.7 Å². The van der Waals surface area contributed by atoms with Crippen molar-refractivity contribution in [3.63, 3.8) is 0 Å². The second-order valence-corrected chi connectivity index (χ2v) is 5.97. The van der Waals surface area contributed by atoms with Crippen LogP contribution in [-0.4, -0.2) is 74.7 Å². The average Bonchev–Trinajstić information content (AvgIpc) is 3.14. The number of ether oxygens (including phenoxy) is 5. The Morgan fingerprint density at radius 2 is 1.74 bits per heavy atom. The number of carbonyl (C=O) groups excluding carboxylic acids is 1. The molecule has 3 saturated heterocycles. The fourth-order valence-electron chi connectivity index (χ4n) is 3.58. The monoisotopic (exact) mass is 331 g/mol. The molecule has 0 radical (unpaired) electrons. The van der Waals surface area contributed by atoms with Crippen LogP contribution in [0.1, 0.15) is 6.92 Å². The summed E-state index contributed by atoms with van der Waals surface area (Å²) in [7, 11) is 2.96. The second kappa shape index (κ2) is 5.99. The molecule has 0 aromatic rings. The summed E-state index contributed by atoms with van der Waals surface area (Å²) in [6, 6.07) is 0. The number of amides is 1. The van der Waals surface area contributed by atoms with Gasteiger partial charge in [-0.15, -0.1) is 0 Å². The standard InChI is InChI=1S/C14H21NO8/c1-14(20-3)22-10-8-6(12(16)15-4-5-19-2)7(13(17)18)9(21-8)11(10)23-14/h6-11H,4-5H2,1-3H3,(H,15,16)(H,17,18)/t6-,7+,8-,9+,10+,11-,14?/m0/s1. The van der Waals surface area contributed by atoms with Gasteiger partial charge in [0.2, 0.25) is 5.91 Å². The summed E-state index contributed by atoms with van der Waals surface area (Å²) < 4.78 is 27.2. The van der Waals surface area contributed by atoms with Gasteiger partial charge >= 0.3 is 5.97 Å². The van der Waals surface area contributed by atoms with E-state index in [-0.39, 0.29) is 5.91 Å². The van der Waals surface area contributed by atoms with E-state index < -0.39 is 48.2 Å². The van der Waals surface area contributed by atoms with Crippen LogP contribution in [0.25, 0.3) is 0 Å². The molecule has 3 fully saturated rings. The first-order valence-electron chi connectivity index (χ1n) is 7.47.